The minimum Gasteiger partial charge on any atom is -0.377 e. The molecule has 23 heavy (non-hydrogen) atoms. The lowest BCUT2D eigenvalue weighted by Gasteiger charge is -2.28. The van der Waals surface area contributed by atoms with Gasteiger partial charge in [0.1, 0.15) is 6.61 Å². The van der Waals surface area contributed by atoms with E-state index in [-0.39, 0.29) is 29.9 Å². The molecule has 2 N–H and O–H groups in total. The number of carbonyl (C=O) groups excluding carboxylic acids is 2. The number of amides is 2. The maximum absolute atomic E-state index is 11.7. The summed E-state index contributed by atoms with van der Waals surface area (Å²) in [5.74, 6) is -0.184. The van der Waals surface area contributed by atoms with Crippen LogP contribution in [0.3, 0.4) is 0 Å². The van der Waals surface area contributed by atoms with E-state index in [1.54, 1.807) is 0 Å². The number of nitrogens with one attached hydrogen (secondary N) is 2. The lowest BCUT2D eigenvalue weighted by Crippen LogP contribution is -2.43. The van der Waals surface area contributed by atoms with E-state index in [2.05, 4.69) is 31.4 Å². The third kappa shape index (κ3) is 14.2. The molecule has 7 heteroatoms. The first-order chi connectivity index (χ1) is 10.7. The molecule has 1 unspecified atom stereocenters. The first-order valence-electron chi connectivity index (χ1n) is 8.00. The third-order valence-corrected chi connectivity index (χ3v) is 3.27. The topological polar surface area (TPSA) is 85.9 Å². The van der Waals surface area contributed by atoms with Crippen molar-refractivity contribution in [2.24, 2.45) is 5.41 Å². The van der Waals surface area contributed by atoms with E-state index in [4.69, 9.17) is 14.2 Å². The van der Waals surface area contributed by atoms with Crippen molar-refractivity contribution in [1.82, 2.24) is 10.6 Å². The van der Waals surface area contributed by atoms with Crippen LogP contribution >= 0.6 is 0 Å². The molecule has 0 bridgehead atoms. The molecule has 136 valence electrons. The molecular formula is C16H32N2O5. The third-order valence-electron chi connectivity index (χ3n) is 3.27. The number of rotatable bonds is 12. The predicted molar refractivity (Wildman–Crippen MR) is 88.2 cm³/mol. The van der Waals surface area contributed by atoms with Crippen LogP contribution in [0.5, 0.6) is 0 Å². The van der Waals surface area contributed by atoms with Gasteiger partial charge in [-0.25, -0.2) is 0 Å². The monoisotopic (exact) mass is 332 g/mol. The van der Waals surface area contributed by atoms with Crippen molar-refractivity contribution in [2.45, 2.75) is 40.7 Å². The van der Waals surface area contributed by atoms with E-state index < -0.39 is 0 Å². The van der Waals surface area contributed by atoms with Gasteiger partial charge in [0.15, 0.2) is 0 Å². The molecule has 7 nitrogen and oxygen atoms in total. The highest BCUT2D eigenvalue weighted by Gasteiger charge is 2.21. The fraction of sp³-hybridized carbons (Fsp3) is 0.875. The molecule has 0 aromatic carbocycles. The fourth-order valence-electron chi connectivity index (χ4n) is 1.40. The minimum atomic E-state index is -0.117. The zero-order chi connectivity index (χ0) is 17.7. The largest absolute Gasteiger partial charge is 0.377 e. The van der Waals surface area contributed by atoms with E-state index in [0.29, 0.717) is 39.6 Å². The van der Waals surface area contributed by atoms with E-state index in [1.807, 2.05) is 6.92 Å². The molecule has 0 rings (SSSR count). The van der Waals surface area contributed by atoms with Crippen molar-refractivity contribution in [3.8, 4) is 0 Å². The van der Waals surface area contributed by atoms with Gasteiger partial charge in [-0.3, -0.25) is 9.59 Å². The maximum Gasteiger partial charge on any atom is 0.246 e. The molecular weight excluding hydrogens is 300 g/mol. The van der Waals surface area contributed by atoms with Gasteiger partial charge in [0.2, 0.25) is 11.8 Å². The number of hydrogen-bond donors (Lipinski definition) is 2. The summed E-state index contributed by atoms with van der Waals surface area (Å²) < 4.78 is 15.8. The molecule has 2 amide bonds. The molecule has 0 aliphatic heterocycles. The molecule has 0 fully saturated rings. The summed E-state index contributed by atoms with van der Waals surface area (Å²) in [6.07, 6.45) is 0. The van der Waals surface area contributed by atoms with Gasteiger partial charge in [-0.05, 0) is 12.3 Å². The van der Waals surface area contributed by atoms with Crippen LogP contribution in [0.1, 0.15) is 34.6 Å². The maximum atomic E-state index is 11.7. The molecule has 0 radical (unpaired) electrons. The molecule has 0 saturated carbocycles. The molecule has 1 atom stereocenters. The molecule has 0 aromatic rings. The minimum absolute atomic E-state index is 0.0265. The molecule has 0 aliphatic rings. The normalized spacial score (nSPS) is 12.7. The SMILES string of the molecule is CC(=O)NCCOCCOCCOCC(=O)NC(C)C(C)(C)C. The Kier molecular flexibility index (Phi) is 11.6. The van der Waals surface area contributed by atoms with Gasteiger partial charge in [0.25, 0.3) is 0 Å². The van der Waals surface area contributed by atoms with Crippen LogP contribution in [0.25, 0.3) is 0 Å². The summed E-state index contributed by atoms with van der Waals surface area (Å²) in [4.78, 5) is 22.3. The molecule has 0 aromatic heterocycles. The van der Waals surface area contributed by atoms with Crippen molar-refractivity contribution in [2.75, 3.05) is 46.2 Å². The lowest BCUT2D eigenvalue weighted by molar-refractivity contribution is -0.127. The van der Waals surface area contributed by atoms with Gasteiger partial charge in [0, 0.05) is 19.5 Å². The average Bonchev–Trinajstić information content (AvgIpc) is 2.43. The summed E-state index contributed by atoms with van der Waals surface area (Å²) in [5.41, 5.74) is 0.0265. The number of carbonyl (C=O) groups is 2. The smallest absolute Gasteiger partial charge is 0.246 e. The summed E-state index contributed by atoms with van der Waals surface area (Å²) in [6, 6.07) is 0.0875. The van der Waals surface area contributed by atoms with Gasteiger partial charge in [-0.2, -0.15) is 0 Å². The highest BCUT2D eigenvalue weighted by atomic mass is 16.5. The highest BCUT2D eigenvalue weighted by Crippen LogP contribution is 2.18. The summed E-state index contributed by atoms with van der Waals surface area (Å²) in [7, 11) is 0. The van der Waals surface area contributed by atoms with Crippen LogP contribution in [0.15, 0.2) is 0 Å². The molecule has 0 saturated heterocycles. The second-order valence-corrected chi connectivity index (χ2v) is 6.42. The quantitative estimate of drug-likeness (QED) is 0.515. The van der Waals surface area contributed by atoms with Crippen LogP contribution in [0.2, 0.25) is 0 Å². The van der Waals surface area contributed by atoms with Crippen molar-refractivity contribution in [3.05, 3.63) is 0 Å². The second kappa shape index (κ2) is 12.3. The van der Waals surface area contributed by atoms with E-state index in [0.717, 1.165) is 0 Å². The summed E-state index contributed by atoms with van der Waals surface area (Å²) >= 11 is 0. The predicted octanol–water partition coefficient (Wildman–Crippen LogP) is 0.723. The molecule has 0 aliphatic carbocycles. The van der Waals surface area contributed by atoms with Gasteiger partial charge < -0.3 is 24.8 Å². The molecule has 0 heterocycles. The van der Waals surface area contributed by atoms with Gasteiger partial charge in [-0.15, -0.1) is 0 Å². The second-order valence-electron chi connectivity index (χ2n) is 6.42. The Bertz CT molecular complexity index is 342. The Hall–Kier alpha value is -1.18. The standard InChI is InChI=1S/C16H32N2O5/c1-13(16(3,4)5)18-15(20)12-23-11-10-22-9-8-21-7-6-17-14(2)19/h13H,6-12H2,1-5H3,(H,17,19)(H,18,20). The Morgan fingerprint density at radius 2 is 1.48 bits per heavy atom. The fourth-order valence-corrected chi connectivity index (χ4v) is 1.40. The van der Waals surface area contributed by atoms with E-state index in [1.165, 1.54) is 6.92 Å². The lowest BCUT2D eigenvalue weighted by atomic mass is 9.88. The zero-order valence-corrected chi connectivity index (χ0v) is 15.1. The van der Waals surface area contributed by atoms with Gasteiger partial charge in [-0.1, -0.05) is 20.8 Å². The molecule has 0 spiro atoms. The van der Waals surface area contributed by atoms with Crippen molar-refractivity contribution < 1.29 is 23.8 Å². The Balaban J connectivity index is 3.36. The van der Waals surface area contributed by atoms with E-state index in [9.17, 15) is 9.59 Å². The van der Waals surface area contributed by atoms with Gasteiger partial charge in [0.05, 0.1) is 33.0 Å². The van der Waals surface area contributed by atoms with Crippen molar-refractivity contribution in [3.63, 3.8) is 0 Å². The van der Waals surface area contributed by atoms with Crippen LogP contribution in [0.4, 0.5) is 0 Å². The first-order valence-corrected chi connectivity index (χ1v) is 8.00. The Morgan fingerprint density at radius 3 is 2.00 bits per heavy atom. The Morgan fingerprint density at radius 1 is 0.957 bits per heavy atom. The number of ether oxygens (including phenoxy) is 3. The van der Waals surface area contributed by atoms with Crippen LogP contribution in [-0.2, 0) is 23.8 Å². The number of hydrogen-bond acceptors (Lipinski definition) is 5. The Labute approximate surface area is 139 Å². The summed E-state index contributed by atoms with van der Waals surface area (Å²) in [6.45, 7) is 12.4. The first kappa shape index (κ1) is 21.8. The van der Waals surface area contributed by atoms with Crippen LogP contribution < -0.4 is 10.6 Å². The van der Waals surface area contributed by atoms with Crippen molar-refractivity contribution in [1.29, 1.82) is 0 Å². The highest BCUT2D eigenvalue weighted by molar-refractivity contribution is 5.77. The van der Waals surface area contributed by atoms with Crippen LogP contribution in [-0.4, -0.2) is 64.0 Å². The zero-order valence-electron chi connectivity index (χ0n) is 15.1. The average molecular weight is 332 g/mol. The van der Waals surface area contributed by atoms with Gasteiger partial charge >= 0.3 is 0 Å². The van der Waals surface area contributed by atoms with Crippen LogP contribution in [0, 0.1) is 5.41 Å². The van der Waals surface area contributed by atoms with E-state index >= 15 is 0 Å². The van der Waals surface area contributed by atoms with Crippen molar-refractivity contribution >= 4 is 11.8 Å². The summed E-state index contributed by atoms with van der Waals surface area (Å²) in [5, 5.41) is 5.54.